The number of hydrogen-bond donors (Lipinski definition) is 1. The summed E-state index contributed by atoms with van der Waals surface area (Å²) >= 11 is 0. The first-order valence-electron chi connectivity index (χ1n) is 6.57. The highest BCUT2D eigenvalue weighted by Gasteiger charge is 2.75. The Bertz CT molecular complexity index is 422. The first-order chi connectivity index (χ1) is 7.73. The summed E-state index contributed by atoms with van der Waals surface area (Å²) in [5.41, 5.74) is 9.28. The van der Waals surface area contributed by atoms with Crippen LogP contribution in [0.3, 0.4) is 0 Å². The van der Waals surface area contributed by atoms with Gasteiger partial charge >= 0.3 is 0 Å². The van der Waals surface area contributed by atoms with E-state index in [-0.39, 0.29) is 5.54 Å². The highest BCUT2D eigenvalue weighted by atomic mass is 14.9. The zero-order chi connectivity index (χ0) is 10.9. The summed E-state index contributed by atoms with van der Waals surface area (Å²) in [5.74, 6) is 0. The highest BCUT2D eigenvalue weighted by molar-refractivity contribution is 5.42. The summed E-state index contributed by atoms with van der Waals surface area (Å²) in [4.78, 5) is 0. The zero-order valence-corrected chi connectivity index (χ0v) is 9.71. The molecule has 0 aliphatic heterocycles. The topological polar surface area (TPSA) is 26.0 Å². The monoisotopic (exact) mass is 213 g/mol. The average molecular weight is 213 g/mol. The minimum atomic E-state index is 0.208. The van der Waals surface area contributed by atoms with Gasteiger partial charge in [0.15, 0.2) is 0 Å². The summed E-state index contributed by atoms with van der Waals surface area (Å²) in [6.45, 7) is 0. The Morgan fingerprint density at radius 1 is 0.812 bits per heavy atom. The van der Waals surface area contributed by atoms with Crippen LogP contribution in [0.2, 0.25) is 0 Å². The van der Waals surface area contributed by atoms with E-state index in [1.807, 2.05) is 0 Å². The molecule has 0 aromatic heterocycles. The molecule has 0 saturated heterocycles. The molecule has 1 nitrogen and oxygen atoms in total. The van der Waals surface area contributed by atoms with E-state index in [0.29, 0.717) is 10.8 Å². The molecule has 0 radical (unpaired) electrons. The average Bonchev–Trinajstić information content (AvgIpc) is 3.10. The van der Waals surface area contributed by atoms with Gasteiger partial charge in [-0.3, -0.25) is 0 Å². The third-order valence-electron chi connectivity index (χ3n) is 5.48. The van der Waals surface area contributed by atoms with Crippen molar-refractivity contribution in [3.63, 3.8) is 0 Å². The maximum absolute atomic E-state index is 6.55. The van der Waals surface area contributed by atoms with E-state index >= 15 is 0 Å². The van der Waals surface area contributed by atoms with Gasteiger partial charge in [0.05, 0.1) is 0 Å². The van der Waals surface area contributed by atoms with Crippen molar-refractivity contribution in [1.29, 1.82) is 0 Å². The Kier molecular flexibility index (Phi) is 1.46. The van der Waals surface area contributed by atoms with Crippen molar-refractivity contribution in [3.05, 3.63) is 35.9 Å². The van der Waals surface area contributed by atoms with Crippen LogP contribution in [0.15, 0.2) is 30.3 Å². The maximum Gasteiger partial charge on any atom is 0.0221 e. The van der Waals surface area contributed by atoms with E-state index < -0.39 is 0 Å². The van der Waals surface area contributed by atoms with Crippen molar-refractivity contribution in [2.45, 2.75) is 49.5 Å². The molecule has 2 N–H and O–H groups in total. The lowest BCUT2D eigenvalue weighted by Gasteiger charge is -2.33. The zero-order valence-electron chi connectivity index (χ0n) is 9.71. The summed E-state index contributed by atoms with van der Waals surface area (Å²) < 4.78 is 0. The molecule has 0 bridgehead atoms. The van der Waals surface area contributed by atoms with Crippen LogP contribution in [0.25, 0.3) is 0 Å². The molecule has 0 spiro atoms. The van der Waals surface area contributed by atoms with Crippen LogP contribution in [-0.2, 0) is 5.41 Å². The predicted molar refractivity (Wildman–Crippen MR) is 65.2 cm³/mol. The molecule has 4 rings (SSSR count). The van der Waals surface area contributed by atoms with E-state index in [9.17, 15) is 0 Å². The molecular formula is C15H19N. The second-order valence-corrected chi connectivity index (χ2v) is 6.19. The van der Waals surface area contributed by atoms with Crippen molar-refractivity contribution >= 4 is 0 Å². The molecule has 0 unspecified atom stereocenters. The van der Waals surface area contributed by atoms with Crippen LogP contribution in [-0.4, -0.2) is 5.54 Å². The SMILES string of the molecule is NC1(C2(C3(c4ccccc4)CC3)CC2)CC1. The second-order valence-electron chi connectivity index (χ2n) is 6.19. The maximum atomic E-state index is 6.55. The quantitative estimate of drug-likeness (QED) is 0.820. The fourth-order valence-electron chi connectivity index (χ4n) is 4.12. The van der Waals surface area contributed by atoms with Gasteiger partial charge in [-0.1, -0.05) is 30.3 Å². The van der Waals surface area contributed by atoms with Gasteiger partial charge < -0.3 is 5.73 Å². The lowest BCUT2D eigenvalue weighted by molar-refractivity contribution is 0.287. The van der Waals surface area contributed by atoms with E-state index in [2.05, 4.69) is 30.3 Å². The molecule has 16 heavy (non-hydrogen) atoms. The van der Waals surface area contributed by atoms with Gasteiger partial charge in [0.2, 0.25) is 0 Å². The van der Waals surface area contributed by atoms with Gasteiger partial charge in [0, 0.05) is 11.0 Å². The first-order valence-corrected chi connectivity index (χ1v) is 6.57. The number of benzene rings is 1. The fourth-order valence-corrected chi connectivity index (χ4v) is 4.12. The number of nitrogens with two attached hydrogens (primary N) is 1. The number of rotatable bonds is 3. The Morgan fingerprint density at radius 3 is 1.88 bits per heavy atom. The molecule has 84 valence electrons. The second kappa shape index (κ2) is 2.53. The molecule has 1 aromatic carbocycles. The predicted octanol–water partition coefficient (Wildman–Crippen LogP) is 2.99. The standard InChI is InChI=1S/C15H19N/c16-15(10-11-15)14(8-9-14)13(6-7-13)12-4-2-1-3-5-12/h1-5H,6-11,16H2. The molecule has 0 amide bonds. The Hall–Kier alpha value is -0.820. The molecule has 3 aliphatic carbocycles. The molecule has 3 aliphatic rings. The Balaban J connectivity index is 1.78. The van der Waals surface area contributed by atoms with Gasteiger partial charge in [-0.2, -0.15) is 0 Å². The van der Waals surface area contributed by atoms with Gasteiger partial charge in [-0.05, 0) is 49.5 Å². The third kappa shape index (κ3) is 0.917. The summed E-state index contributed by atoms with van der Waals surface area (Å²) in [5, 5.41) is 0. The minimum absolute atomic E-state index is 0.208. The molecule has 3 fully saturated rings. The first kappa shape index (κ1) is 9.23. The van der Waals surface area contributed by atoms with E-state index in [1.165, 1.54) is 38.5 Å². The van der Waals surface area contributed by atoms with Crippen LogP contribution in [0.5, 0.6) is 0 Å². The largest absolute Gasteiger partial charge is 0.325 e. The van der Waals surface area contributed by atoms with Gasteiger partial charge in [0.25, 0.3) is 0 Å². The van der Waals surface area contributed by atoms with Crippen LogP contribution in [0, 0.1) is 5.41 Å². The van der Waals surface area contributed by atoms with Gasteiger partial charge in [-0.25, -0.2) is 0 Å². The van der Waals surface area contributed by atoms with Crippen molar-refractivity contribution in [2.75, 3.05) is 0 Å². The van der Waals surface area contributed by atoms with Crippen LogP contribution in [0.1, 0.15) is 44.1 Å². The normalized spacial score (nSPS) is 30.8. The van der Waals surface area contributed by atoms with Crippen molar-refractivity contribution < 1.29 is 0 Å². The van der Waals surface area contributed by atoms with Crippen LogP contribution in [0.4, 0.5) is 0 Å². The molecule has 0 atom stereocenters. The van der Waals surface area contributed by atoms with E-state index in [4.69, 9.17) is 5.73 Å². The van der Waals surface area contributed by atoms with Gasteiger partial charge in [0.1, 0.15) is 0 Å². The molecular weight excluding hydrogens is 194 g/mol. The third-order valence-corrected chi connectivity index (χ3v) is 5.48. The summed E-state index contributed by atoms with van der Waals surface area (Å²) in [6, 6.07) is 11.1. The Labute approximate surface area is 97.0 Å². The van der Waals surface area contributed by atoms with Gasteiger partial charge in [-0.15, -0.1) is 0 Å². The van der Waals surface area contributed by atoms with Crippen molar-refractivity contribution in [1.82, 2.24) is 0 Å². The highest BCUT2D eigenvalue weighted by Crippen LogP contribution is 2.78. The lowest BCUT2D eigenvalue weighted by atomic mass is 9.73. The molecule has 3 saturated carbocycles. The van der Waals surface area contributed by atoms with E-state index in [1.54, 1.807) is 5.56 Å². The van der Waals surface area contributed by atoms with E-state index in [0.717, 1.165) is 0 Å². The minimum Gasteiger partial charge on any atom is -0.325 e. The number of hydrogen-bond acceptors (Lipinski definition) is 1. The van der Waals surface area contributed by atoms with Crippen LogP contribution < -0.4 is 5.73 Å². The molecule has 1 heteroatoms. The summed E-state index contributed by atoms with van der Waals surface area (Å²) in [7, 11) is 0. The van der Waals surface area contributed by atoms with Crippen molar-refractivity contribution in [3.8, 4) is 0 Å². The summed E-state index contributed by atoms with van der Waals surface area (Å²) in [6.07, 6.45) is 8.02. The smallest absolute Gasteiger partial charge is 0.0221 e. The van der Waals surface area contributed by atoms with Crippen LogP contribution >= 0.6 is 0 Å². The molecule has 1 aromatic rings. The lowest BCUT2D eigenvalue weighted by Crippen LogP contribution is -2.42. The Morgan fingerprint density at radius 2 is 1.44 bits per heavy atom. The fraction of sp³-hybridized carbons (Fsp3) is 0.600. The molecule has 0 heterocycles. The van der Waals surface area contributed by atoms with Crippen molar-refractivity contribution in [2.24, 2.45) is 11.1 Å².